The zero-order valence-corrected chi connectivity index (χ0v) is 74.9. The van der Waals surface area contributed by atoms with Gasteiger partial charge in [-0.3, -0.25) is 47.1 Å². The van der Waals surface area contributed by atoms with Gasteiger partial charge in [0.15, 0.2) is 11.5 Å². The highest BCUT2D eigenvalue weighted by Crippen LogP contribution is 2.49. The molecule has 4 N–H and O–H groups in total. The van der Waals surface area contributed by atoms with Gasteiger partial charge in [-0.2, -0.15) is 4.98 Å². The number of amides is 2. The van der Waals surface area contributed by atoms with E-state index in [0.29, 0.717) is 48.2 Å². The van der Waals surface area contributed by atoms with Crippen LogP contribution in [0.4, 0.5) is 5.82 Å². The summed E-state index contributed by atoms with van der Waals surface area (Å²) in [4.78, 5) is 112. The molecule has 4 aromatic rings. The Labute approximate surface area is 716 Å². The van der Waals surface area contributed by atoms with Crippen LogP contribution in [0.15, 0.2) is 75.3 Å². The van der Waals surface area contributed by atoms with E-state index in [2.05, 4.69) is 36.1 Å². The average Bonchev–Trinajstić information content (AvgIpc) is 1.33. The van der Waals surface area contributed by atoms with E-state index in [0.717, 1.165) is 66.9 Å². The first-order valence-corrected chi connectivity index (χ1v) is 48.5. The van der Waals surface area contributed by atoms with E-state index < -0.39 is 106 Å². The van der Waals surface area contributed by atoms with Gasteiger partial charge in [-0.25, -0.2) is 14.2 Å². The number of carbonyl (C=O) groups is 4. The molecular weight excluding hydrogens is 1550 g/mol. The Morgan fingerprint density at radius 1 is 0.533 bits per heavy atom. The highest BCUT2D eigenvalue weighted by molar-refractivity contribution is 7.47. The third-order valence-corrected chi connectivity index (χ3v) is 24.0. The van der Waals surface area contributed by atoms with Gasteiger partial charge >= 0.3 is 31.1 Å². The molecule has 2 aromatic heterocycles. The number of esters is 2. The summed E-state index contributed by atoms with van der Waals surface area (Å²) in [5.41, 5.74) is -1.49. The number of ether oxygens (including phenoxy) is 7. The number of phosphoric acid groups is 1. The van der Waals surface area contributed by atoms with Gasteiger partial charge in [-0.15, -0.1) is 0 Å². The van der Waals surface area contributed by atoms with E-state index in [1.807, 2.05) is 0 Å². The second-order valence-electron chi connectivity index (χ2n) is 33.4. The summed E-state index contributed by atoms with van der Waals surface area (Å²) in [6, 6.07) is 13.2. The summed E-state index contributed by atoms with van der Waals surface area (Å²) < 4.78 is 70.1. The molecule has 6 rings (SSSR count). The third kappa shape index (κ3) is 42.1. The minimum atomic E-state index is -5.11. The number of aliphatic hydroxyl groups is 1. The lowest BCUT2D eigenvalue weighted by molar-refractivity contribution is -0.156. The molecule has 7 atom stereocenters. The molecule has 2 saturated heterocycles. The molecule has 3 unspecified atom stereocenters. The van der Waals surface area contributed by atoms with E-state index in [1.165, 1.54) is 281 Å². The van der Waals surface area contributed by atoms with E-state index in [1.54, 1.807) is 49.5 Å². The number of likely N-dealkylation sites (N-methyl/N-ethyl adjacent to an activating group) is 1. The number of benzene rings is 2. The maximum Gasteiger partial charge on any atom is 0.472 e. The largest absolute Gasteiger partial charge is 0.490 e. The van der Waals surface area contributed by atoms with Crippen LogP contribution in [-0.4, -0.2) is 135 Å². The van der Waals surface area contributed by atoms with E-state index in [9.17, 15) is 48.1 Å². The Balaban J connectivity index is 1.04. The van der Waals surface area contributed by atoms with Crippen LogP contribution in [0.2, 0.25) is 0 Å². The Kier molecular flexibility index (Phi) is 53.1. The molecule has 0 aliphatic carbocycles. The quantitative estimate of drug-likeness (QED) is 0.0181. The number of aromatic nitrogens is 4. The van der Waals surface area contributed by atoms with Crippen molar-refractivity contribution in [2.45, 2.75) is 398 Å². The number of phosphoric ester groups is 1. The summed E-state index contributed by atoms with van der Waals surface area (Å²) in [5, 5.41) is 12.8. The predicted octanol–water partition coefficient (Wildman–Crippen LogP) is 21.4. The fraction of sp³-hybridized carbons (Fsp3) is 0.745. The second kappa shape index (κ2) is 62.4. The molecule has 2 aromatic carbocycles. The van der Waals surface area contributed by atoms with Crippen molar-refractivity contribution in [2.24, 2.45) is 0 Å². The van der Waals surface area contributed by atoms with Crippen molar-refractivity contribution in [2.75, 3.05) is 58.6 Å². The van der Waals surface area contributed by atoms with Gasteiger partial charge in [0.05, 0.1) is 52.4 Å². The van der Waals surface area contributed by atoms with Crippen LogP contribution in [0.25, 0.3) is 0 Å². The standard InChI is InChI=1S/C94H153N6O19P/c1-6-9-12-15-18-21-24-27-30-33-36-39-42-45-48-54-64-111-80-68-77(69-81(112-65-55-49-46-43-40-37-34-31-28-25-22-19-16-13-10-7-2)89(80)114-66-56-50-47-44-41-38-35-32-29-26-23-20-17-14-11-8-3)92(106)98(5)63-67-113-87(102)59-60-88(103)118-78-70-86(100-72-75(4)90(104)97-94(100)108)117-83(78)74-115-120(109,110)119-79-71-85(116-82(79)73-101)99-62-61-84(96-93(99)107)95-91(105)76-57-52-51-53-58-76/h51-53,57-58,61-62,68-69,72,78-79,82-83,85-86,101H,6-50,54-56,59-60,63-67,70-71,73-74H2,1-5H3,(H,109,110)(H,97,104,108)(H,95,96,105,107)/t78?,79?,82-,83-,85-,86-/m1/s1. The first-order valence-electron chi connectivity index (χ1n) is 47.0. The summed E-state index contributed by atoms with van der Waals surface area (Å²) in [5.74, 6) is -1.11. The Bertz CT molecular complexity index is 3630. The van der Waals surface area contributed by atoms with Crippen LogP contribution < -0.4 is 36.5 Å². The molecular formula is C94H153N6O19P. The summed E-state index contributed by atoms with van der Waals surface area (Å²) >= 11 is 0. The Hall–Kier alpha value is -6.73. The van der Waals surface area contributed by atoms with Crippen LogP contribution >= 0.6 is 7.82 Å². The van der Waals surface area contributed by atoms with Crippen LogP contribution in [0.1, 0.15) is 393 Å². The van der Waals surface area contributed by atoms with E-state index in [4.69, 9.17) is 42.2 Å². The van der Waals surface area contributed by atoms with Crippen molar-refractivity contribution in [3.63, 3.8) is 0 Å². The van der Waals surface area contributed by atoms with Crippen LogP contribution in [0, 0.1) is 6.92 Å². The molecule has 25 nitrogen and oxygen atoms in total. The van der Waals surface area contributed by atoms with Crippen LogP contribution in [-0.2, 0) is 42.1 Å². The summed E-state index contributed by atoms with van der Waals surface area (Å²) in [7, 11) is -3.48. The molecule has 0 bridgehead atoms. The normalized spacial score (nSPS) is 17.0. The number of aryl methyl sites for hydroxylation is 1. The lowest BCUT2D eigenvalue weighted by Crippen LogP contribution is -2.33. The van der Waals surface area contributed by atoms with Crippen molar-refractivity contribution in [1.29, 1.82) is 0 Å². The fourth-order valence-electron chi connectivity index (χ4n) is 15.6. The topological polar surface area (TPSA) is 314 Å². The van der Waals surface area contributed by atoms with Crippen molar-refractivity contribution in [3.05, 3.63) is 109 Å². The van der Waals surface area contributed by atoms with Gasteiger partial charge in [-0.05, 0) is 56.5 Å². The number of unbranched alkanes of at least 4 members (excludes halogenated alkanes) is 45. The van der Waals surface area contributed by atoms with Gasteiger partial charge < -0.3 is 53.4 Å². The molecule has 120 heavy (non-hydrogen) atoms. The van der Waals surface area contributed by atoms with Gasteiger partial charge in [0.2, 0.25) is 5.75 Å². The van der Waals surface area contributed by atoms with Crippen molar-refractivity contribution >= 4 is 37.4 Å². The SMILES string of the molecule is CCCCCCCCCCCCCCCCCCOc1cc(C(=O)N(C)CCOC(=O)CCC(=O)OC2C[C@H](n3cc(C)c(=O)[nH]c3=O)O[C@@H]2COP(=O)(O)OC2C[C@H](n3ccc(NC(=O)c4ccccc4)nc3=O)O[C@@H]2CO)cc(OCCCCCCCCCCCCCCCCCC)c1OCCCCCCCCCCCCCCCCCC. The van der Waals surface area contributed by atoms with Crippen LogP contribution in [0.3, 0.4) is 0 Å². The van der Waals surface area contributed by atoms with Crippen molar-refractivity contribution < 1.29 is 75.9 Å². The third-order valence-electron chi connectivity index (χ3n) is 23.0. The highest BCUT2D eigenvalue weighted by Gasteiger charge is 2.45. The lowest BCUT2D eigenvalue weighted by Gasteiger charge is -2.23. The highest BCUT2D eigenvalue weighted by atomic mass is 31.2. The number of aliphatic hydroxyl groups excluding tert-OH is 1. The monoisotopic (exact) mass is 1700 g/mol. The number of anilines is 1. The number of H-pyrrole nitrogens is 1. The number of hydrogen-bond donors (Lipinski definition) is 4. The lowest BCUT2D eigenvalue weighted by atomic mass is 10.0. The van der Waals surface area contributed by atoms with Gasteiger partial charge in [0.25, 0.3) is 17.4 Å². The average molecular weight is 1700 g/mol. The second-order valence-corrected chi connectivity index (χ2v) is 34.8. The molecule has 26 heteroatoms. The maximum atomic E-state index is 14.6. The smallest absolute Gasteiger partial charge is 0.472 e. The molecule has 0 spiro atoms. The Morgan fingerprint density at radius 3 is 1.40 bits per heavy atom. The molecule has 2 amide bonds. The van der Waals surface area contributed by atoms with Crippen molar-refractivity contribution in [1.82, 2.24) is 24.0 Å². The number of carbonyl (C=O) groups excluding carboxylic acids is 4. The minimum Gasteiger partial charge on any atom is -0.490 e. The molecule has 0 saturated carbocycles. The summed E-state index contributed by atoms with van der Waals surface area (Å²) in [6.07, 6.45) is 54.4. The predicted molar refractivity (Wildman–Crippen MR) is 472 cm³/mol. The number of hydrogen-bond acceptors (Lipinski definition) is 19. The zero-order chi connectivity index (χ0) is 86.1. The number of aromatic amines is 1. The molecule has 2 aliphatic heterocycles. The van der Waals surface area contributed by atoms with Gasteiger partial charge in [0, 0.05) is 49.0 Å². The molecule has 2 aliphatic rings. The van der Waals surface area contributed by atoms with E-state index in [-0.39, 0.29) is 43.3 Å². The Morgan fingerprint density at radius 2 is 0.950 bits per heavy atom. The zero-order valence-electron chi connectivity index (χ0n) is 74.0. The van der Waals surface area contributed by atoms with Crippen molar-refractivity contribution in [3.8, 4) is 17.2 Å². The molecule has 4 heterocycles. The maximum absolute atomic E-state index is 14.6. The van der Waals surface area contributed by atoms with Gasteiger partial charge in [-0.1, -0.05) is 328 Å². The molecule has 678 valence electrons. The first kappa shape index (κ1) is 102. The number of nitrogens with one attached hydrogen (secondary N) is 2. The van der Waals surface area contributed by atoms with E-state index >= 15 is 0 Å². The van der Waals surface area contributed by atoms with Crippen LogP contribution in [0.5, 0.6) is 17.2 Å². The number of nitrogens with zero attached hydrogens (tertiary/aromatic N) is 4. The molecule has 2 fully saturated rings. The number of rotatable bonds is 72. The first-order chi connectivity index (χ1) is 58.4. The molecule has 0 radical (unpaired) electrons. The van der Waals surface area contributed by atoms with Gasteiger partial charge in [0.1, 0.15) is 49.3 Å². The minimum absolute atomic E-state index is 0.00000380. The fourth-order valence-corrected chi connectivity index (χ4v) is 16.6. The summed E-state index contributed by atoms with van der Waals surface area (Å²) in [6.45, 7) is 8.00.